The first-order chi connectivity index (χ1) is 8.60. The van der Waals surface area contributed by atoms with Crippen molar-refractivity contribution in [2.24, 2.45) is 0 Å². The van der Waals surface area contributed by atoms with Crippen LogP contribution in [0.15, 0.2) is 47.7 Å². The Balaban J connectivity index is 0. The third-order valence-corrected chi connectivity index (χ3v) is 2.15. The van der Waals surface area contributed by atoms with E-state index in [2.05, 4.69) is 26.1 Å². The summed E-state index contributed by atoms with van der Waals surface area (Å²) in [6.45, 7) is 17.9. The number of thioether (sulfide) groups is 1. The Morgan fingerprint density at radius 1 is 1.39 bits per heavy atom. The number of hydrogen-bond donors (Lipinski definition) is 0. The van der Waals surface area contributed by atoms with Crippen molar-refractivity contribution in [2.75, 3.05) is 6.61 Å². The van der Waals surface area contributed by atoms with E-state index in [4.69, 9.17) is 4.74 Å². The number of hydrogen-bond acceptors (Lipinski definition) is 2. The van der Waals surface area contributed by atoms with E-state index in [1.54, 1.807) is 17.2 Å². The van der Waals surface area contributed by atoms with E-state index in [-0.39, 0.29) is 0 Å². The lowest BCUT2D eigenvalue weighted by Crippen LogP contribution is -1.90. The van der Waals surface area contributed by atoms with E-state index in [0.29, 0.717) is 0 Å². The number of aryl methyl sites for hydroxylation is 1. The summed E-state index contributed by atoms with van der Waals surface area (Å²) in [5.74, 6) is 0.961. The van der Waals surface area contributed by atoms with Crippen LogP contribution in [-0.4, -0.2) is 6.61 Å². The molecule has 102 valence electrons. The van der Waals surface area contributed by atoms with Crippen molar-refractivity contribution in [2.45, 2.75) is 34.6 Å². The van der Waals surface area contributed by atoms with Crippen molar-refractivity contribution in [3.63, 3.8) is 0 Å². The van der Waals surface area contributed by atoms with E-state index in [1.165, 1.54) is 5.56 Å². The van der Waals surface area contributed by atoms with Crippen molar-refractivity contribution in [1.29, 1.82) is 0 Å². The first kappa shape index (κ1) is 19.2. The molecular formula is C16H26OS. The molecule has 1 nitrogen and oxygen atoms in total. The summed E-state index contributed by atoms with van der Waals surface area (Å²) in [7, 11) is 0. The van der Waals surface area contributed by atoms with Gasteiger partial charge in [0.2, 0.25) is 0 Å². The molecule has 0 atom stereocenters. The number of ether oxygens (including phenoxy) is 1. The fourth-order valence-corrected chi connectivity index (χ4v) is 1.30. The Hall–Kier alpha value is -1.15. The maximum absolute atomic E-state index is 5.29. The molecule has 0 heterocycles. The lowest BCUT2D eigenvalue weighted by atomic mass is 10.2. The van der Waals surface area contributed by atoms with Crippen molar-refractivity contribution >= 4 is 11.8 Å². The van der Waals surface area contributed by atoms with E-state index in [0.717, 1.165) is 17.3 Å². The van der Waals surface area contributed by atoms with Gasteiger partial charge in [-0.2, -0.15) is 0 Å². The van der Waals surface area contributed by atoms with Gasteiger partial charge in [0, 0.05) is 0 Å². The molecule has 0 aliphatic carbocycles. The van der Waals surface area contributed by atoms with Crippen LogP contribution in [0.3, 0.4) is 0 Å². The molecule has 1 aromatic rings. The fourth-order valence-electron chi connectivity index (χ4n) is 1.01. The molecule has 1 rings (SSSR count). The minimum absolute atomic E-state index is 0.740. The summed E-state index contributed by atoms with van der Waals surface area (Å²) < 4.78 is 5.29. The summed E-state index contributed by atoms with van der Waals surface area (Å²) in [6, 6.07) is 8.06. The van der Waals surface area contributed by atoms with Gasteiger partial charge in [-0.3, -0.25) is 0 Å². The summed E-state index contributed by atoms with van der Waals surface area (Å²) in [4.78, 5) is 1.09. The van der Waals surface area contributed by atoms with Crippen LogP contribution in [0.1, 0.15) is 33.3 Å². The summed E-state index contributed by atoms with van der Waals surface area (Å²) in [5.41, 5.74) is 1.24. The predicted molar refractivity (Wildman–Crippen MR) is 86.3 cm³/mol. The van der Waals surface area contributed by atoms with E-state index in [1.807, 2.05) is 45.9 Å². The average molecular weight is 266 g/mol. The van der Waals surface area contributed by atoms with Crippen LogP contribution in [0, 0.1) is 6.92 Å². The molecule has 0 aliphatic heterocycles. The molecule has 0 aromatic heterocycles. The van der Waals surface area contributed by atoms with Gasteiger partial charge in [0.1, 0.15) is 5.75 Å². The van der Waals surface area contributed by atoms with Crippen molar-refractivity contribution in [3.05, 3.63) is 53.3 Å². The highest BCUT2D eigenvalue weighted by Crippen LogP contribution is 2.11. The third-order valence-electron chi connectivity index (χ3n) is 1.59. The minimum Gasteiger partial charge on any atom is -0.494 e. The van der Waals surface area contributed by atoms with Crippen LogP contribution in [0.4, 0.5) is 0 Å². The van der Waals surface area contributed by atoms with Crippen LogP contribution in [0.5, 0.6) is 5.75 Å². The average Bonchev–Trinajstić information content (AvgIpc) is 2.33. The number of allylic oxidation sites excluding steroid dienone is 1. The Kier molecular flexibility index (Phi) is 14.8. The second-order valence-electron chi connectivity index (χ2n) is 3.24. The van der Waals surface area contributed by atoms with Gasteiger partial charge in [-0.15, -0.1) is 11.8 Å². The predicted octanol–water partition coefficient (Wildman–Crippen LogP) is 5.82. The van der Waals surface area contributed by atoms with Gasteiger partial charge in [0.05, 0.1) is 6.61 Å². The molecule has 0 fully saturated rings. The SMILES string of the molecule is C=CSC(=C)C.CC.CCOc1cccc(C)c1. The molecule has 0 spiro atoms. The van der Waals surface area contributed by atoms with Crippen LogP contribution in [0.25, 0.3) is 0 Å². The zero-order valence-electron chi connectivity index (χ0n) is 12.3. The molecule has 0 bridgehead atoms. The standard InChI is InChI=1S/C9H12O.C5H8S.C2H6/c1-3-10-9-6-4-5-8(2)7-9;1-4-6-5(2)3;1-2/h4-7H,3H2,1-2H3;4H,1-2H2,3H3;1-2H3. The Bertz CT molecular complexity index is 332. The van der Waals surface area contributed by atoms with Crippen LogP contribution in [-0.2, 0) is 0 Å². The highest BCUT2D eigenvalue weighted by atomic mass is 32.2. The third kappa shape index (κ3) is 12.9. The number of benzene rings is 1. The largest absolute Gasteiger partial charge is 0.494 e. The second-order valence-corrected chi connectivity index (χ2v) is 4.50. The molecule has 0 saturated heterocycles. The van der Waals surface area contributed by atoms with Gasteiger partial charge in [-0.1, -0.05) is 39.1 Å². The molecule has 1 aromatic carbocycles. The smallest absolute Gasteiger partial charge is 0.119 e. The number of rotatable bonds is 4. The quantitative estimate of drug-likeness (QED) is 0.679. The molecule has 0 unspecified atom stereocenters. The zero-order chi connectivity index (χ0) is 14.4. The van der Waals surface area contributed by atoms with Gasteiger partial charge in [-0.25, -0.2) is 0 Å². The van der Waals surface area contributed by atoms with Gasteiger partial charge >= 0.3 is 0 Å². The highest BCUT2D eigenvalue weighted by molar-refractivity contribution is 8.05. The highest BCUT2D eigenvalue weighted by Gasteiger charge is 1.89. The Morgan fingerprint density at radius 2 is 2.00 bits per heavy atom. The van der Waals surface area contributed by atoms with Crippen LogP contribution >= 0.6 is 11.8 Å². The van der Waals surface area contributed by atoms with Crippen LogP contribution < -0.4 is 4.74 Å². The zero-order valence-corrected chi connectivity index (χ0v) is 13.1. The normalized spacial score (nSPS) is 8.06. The first-order valence-electron chi connectivity index (χ1n) is 6.22. The maximum atomic E-state index is 5.29. The molecule has 0 N–H and O–H groups in total. The molecule has 0 saturated carbocycles. The minimum atomic E-state index is 0.740. The van der Waals surface area contributed by atoms with Crippen molar-refractivity contribution < 1.29 is 4.74 Å². The summed E-state index contributed by atoms with van der Waals surface area (Å²) >= 11 is 1.56. The monoisotopic (exact) mass is 266 g/mol. The lowest BCUT2D eigenvalue weighted by Gasteiger charge is -2.01. The topological polar surface area (TPSA) is 9.23 Å². The van der Waals surface area contributed by atoms with E-state index in [9.17, 15) is 0 Å². The molecule has 18 heavy (non-hydrogen) atoms. The molecule has 0 radical (unpaired) electrons. The van der Waals surface area contributed by atoms with Gasteiger partial charge in [0.15, 0.2) is 0 Å². The van der Waals surface area contributed by atoms with E-state index < -0.39 is 0 Å². The summed E-state index contributed by atoms with van der Waals surface area (Å²) in [5, 5.41) is 1.77. The molecule has 0 amide bonds. The maximum Gasteiger partial charge on any atom is 0.119 e. The van der Waals surface area contributed by atoms with Gasteiger partial charge in [0.25, 0.3) is 0 Å². The van der Waals surface area contributed by atoms with Gasteiger partial charge < -0.3 is 4.74 Å². The van der Waals surface area contributed by atoms with Crippen molar-refractivity contribution in [3.8, 4) is 5.75 Å². The molecular weight excluding hydrogens is 240 g/mol. The Labute approximate surface area is 117 Å². The molecule has 0 aliphatic rings. The van der Waals surface area contributed by atoms with Crippen molar-refractivity contribution in [1.82, 2.24) is 0 Å². The second kappa shape index (κ2) is 13.9. The Morgan fingerprint density at radius 3 is 2.33 bits per heavy atom. The molecule has 2 heteroatoms. The summed E-state index contributed by atoms with van der Waals surface area (Å²) in [6.07, 6.45) is 0. The fraction of sp³-hybridized carbons (Fsp3) is 0.375. The lowest BCUT2D eigenvalue weighted by molar-refractivity contribution is 0.340. The van der Waals surface area contributed by atoms with Crippen LogP contribution in [0.2, 0.25) is 0 Å². The van der Waals surface area contributed by atoms with Gasteiger partial charge in [-0.05, 0) is 48.8 Å². The first-order valence-corrected chi connectivity index (χ1v) is 7.10. The van der Waals surface area contributed by atoms with E-state index >= 15 is 0 Å².